The van der Waals surface area contributed by atoms with Crippen LogP contribution in [0.2, 0.25) is 0 Å². The average molecular weight is 461 g/mol. The van der Waals surface area contributed by atoms with Gasteiger partial charge >= 0.3 is 11.7 Å². The molecular formula is C23H32N4O6. The smallest absolute Gasteiger partial charge is 0.330 e. The number of nitrogens with two attached hydrogens (primary N) is 1. The summed E-state index contributed by atoms with van der Waals surface area (Å²) in [7, 11) is 0. The molecule has 0 spiro atoms. The first kappa shape index (κ1) is 25.7. The Morgan fingerprint density at radius 1 is 1.09 bits per heavy atom. The van der Waals surface area contributed by atoms with Gasteiger partial charge < -0.3 is 20.1 Å². The van der Waals surface area contributed by atoms with Crippen LogP contribution >= 0.6 is 0 Å². The number of ether oxygens (including phenoxy) is 2. The lowest BCUT2D eigenvalue weighted by molar-refractivity contribution is -0.148. The number of unbranched alkanes of at least 4 members (excludes halogenated alkanes) is 1. The molecule has 1 amide bonds. The molecule has 1 heterocycles. The van der Waals surface area contributed by atoms with Gasteiger partial charge in [0, 0.05) is 19.5 Å². The molecule has 2 aromatic rings. The summed E-state index contributed by atoms with van der Waals surface area (Å²) < 4.78 is 11.9. The Labute approximate surface area is 192 Å². The topological polar surface area (TPSA) is 137 Å². The Hall–Kier alpha value is -3.56. The van der Waals surface area contributed by atoms with Crippen molar-refractivity contribution < 1.29 is 19.1 Å². The standard InChI is InChI=1S/C23H32N4O6/c1-3-5-14-26(20-21(24)27(13-4-2)23(31)25-22(20)30)18(28)16-33-19(29)12-9-15-32-17-10-7-6-8-11-17/h6-8,10-11H,3-5,9,12-16,24H2,1-2H3,(H,25,30,31). The van der Waals surface area contributed by atoms with E-state index in [2.05, 4.69) is 4.98 Å². The number of carbonyl (C=O) groups excluding carboxylic acids is 2. The van der Waals surface area contributed by atoms with Gasteiger partial charge in [0.15, 0.2) is 12.3 Å². The van der Waals surface area contributed by atoms with E-state index in [0.717, 1.165) is 6.42 Å². The molecule has 0 saturated heterocycles. The van der Waals surface area contributed by atoms with Gasteiger partial charge in [-0.15, -0.1) is 0 Å². The number of hydrogen-bond acceptors (Lipinski definition) is 7. The van der Waals surface area contributed by atoms with Crippen LogP contribution in [0.3, 0.4) is 0 Å². The lowest BCUT2D eigenvalue weighted by Crippen LogP contribution is -2.43. The van der Waals surface area contributed by atoms with Crippen LogP contribution in [0.15, 0.2) is 39.9 Å². The van der Waals surface area contributed by atoms with E-state index in [-0.39, 0.29) is 24.5 Å². The second-order valence-electron chi connectivity index (χ2n) is 7.47. The number of aromatic amines is 1. The van der Waals surface area contributed by atoms with E-state index in [1.54, 1.807) is 0 Å². The molecule has 0 saturated carbocycles. The highest BCUT2D eigenvalue weighted by Crippen LogP contribution is 2.18. The summed E-state index contributed by atoms with van der Waals surface area (Å²) in [5.41, 5.74) is 4.61. The summed E-state index contributed by atoms with van der Waals surface area (Å²) in [6.45, 7) is 4.10. The largest absolute Gasteiger partial charge is 0.494 e. The van der Waals surface area contributed by atoms with Crippen LogP contribution < -0.4 is 26.6 Å². The Balaban J connectivity index is 2.00. The summed E-state index contributed by atoms with van der Waals surface area (Å²) in [5.74, 6) is -0.510. The molecule has 0 aliphatic heterocycles. The Morgan fingerprint density at radius 3 is 2.48 bits per heavy atom. The number of nitrogen functional groups attached to an aromatic ring is 1. The van der Waals surface area contributed by atoms with Gasteiger partial charge in [0.1, 0.15) is 11.6 Å². The number of amides is 1. The van der Waals surface area contributed by atoms with E-state index in [1.807, 2.05) is 44.2 Å². The number of rotatable bonds is 13. The number of esters is 1. The van der Waals surface area contributed by atoms with Gasteiger partial charge in [-0.1, -0.05) is 38.5 Å². The fourth-order valence-corrected chi connectivity index (χ4v) is 3.18. The number of hydrogen-bond donors (Lipinski definition) is 2. The average Bonchev–Trinajstić information content (AvgIpc) is 2.80. The van der Waals surface area contributed by atoms with Crippen molar-refractivity contribution in [2.75, 3.05) is 30.4 Å². The molecule has 0 bridgehead atoms. The predicted molar refractivity (Wildman–Crippen MR) is 125 cm³/mol. The maximum Gasteiger partial charge on any atom is 0.330 e. The van der Waals surface area contributed by atoms with Gasteiger partial charge in [-0.2, -0.15) is 0 Å². The van der Waals surface area contributed by atoms with Crippen molar-refractivity contribution in [2.45, 2.75) is 52.5 Å². The molecule has 2 rings (SSSR count). The highest BCUT2D eigenvalue weighted by Gasteiger charge is 2.24. The maximum absolute atomic E-state index is 12.9. The molecule has 0 unspecified atom stereocenters. The molecule has 3 N–H and O–H groups in total. The summed E-state index contributed by atoms with van der Waals surface area (Å²) in [6.07, 6.45) is 2.49. The molecular weight excluding hydrogens is 428 g/mol. The number of H-pyrrole nitrogens is 1. The van der Waals surface area contributed by atoms with Crippen molar-refractivity contribution >= 4 is 23.4 Å². The zero-order chi connectivity index (χ0) is 24.2. The molecule has 1 aromatic carbocycles. The Kier molecular flexibility index (Phi) is 10.2. The summed E-state index contributed by atoms with van der Waals surface area (Å²) in [4.78, 5) is 52.9. The number of benzene rings is 1. The quantitative estimate of drug-likeness (QED) is 0.345. The summed E-state index contributed by atoms with van der Waals surface area (Å²) in [6, 6.07) is 9.22. The van der Waals surface area contributed by atoms with Crippen LogP contribution in [0.4, 0.5) is 11.5 Å². The van der Waals surface area contributed by atoms with Gasteiger partial charge in [-0.3, -0.25) is 23.9 Å². The van der Waals surface area contributed by atoms with Crippen molar-refractivity contribution in [1.29, 1.82) is 0 Å². The van der Waals surface area contributed by atoms with E-state index in [1.165, 1.54) is 9.47 Å². The van der Waals surface area contributed by atoms with Crippen molar-refractivity contribution in [2.24, 2.45) is 0 Å². The van der Waals surface area contributed by atoms with Crippen molar-refractivity contribution in [3.63, 3.8) is 0 Å². The van der Waals surface area contributed by atoms with Crippen LogP contribution in [-0.4, -0.2) is 41.2 Å². The maximum atomic E-state index is 12.9. The fraction of sp³-hybridized carbons (Fsp3) is 0.478. The van der Waals surface area contributed by atoms with Gasteiger partial charge in [0.05, 0.1) is 6.61 Å². The highest BCUT2D eigenvalue weighted by atomic mass is 16.5. The Morgan fingerprint density at radius 2 is 1.82 bits per heavy atom. The normalized spacial score (nSPS) is 10.6. The molecule has 10 heteroatoms. The number of anilines is 2. The third-order valence-electron chi connectivity index (χ3n) is 4.86. The van der Waals surface area contributed by atoms with E-state index in [0.29, 0.717) is 38.2 Å². The third-order valence-corrected chi connectivity index (χ3v) is 4.86. The van der Waals surface area contributed by atoms with Crippen LogP contribution in [0.1, 0.15) is 46.0 Å². The lowest BCUT2D eigenvalue weighted by atomic mass is 10.2. The first-order chi connectivity index (χ1) is 15.9. The fourth-order valence-electron chi connectivity index (χ4n) is 3.18. The van der Waals surface area contributed by atoms with Gasteiger partial charge in [0.25, 0.3) is 11.5 Å². The minimum Gasteiger partial charge on any atom is -0.494 e. The molecule has 0 atom stereocenters. The minimum atomic E-state index is -0.751. The molecule has 10 nitrogen and oxygen atoms in total. The SMILES string of the molecule is CCCCN(C(=O)COC(=O)CCCOc1ccccc1)c1c(N)n(CCC)c(=O)[nH]c1=O. The molecule has 0 aliphatic rings. The molecule has 0 aliphatic carbocycles. The first-order valence-corrected chi connectivity index (χ1v) is 11.1. The number of para-hydroxylation sites is 1. The van der Waals surface area contributed by atoms with E-state index in [9.17, 15) is 19.2 Å². The molecule has 1 aromatic heterocycles. The molecule has 0 radical (unpaired) electrons. The minimum absolute atomic E-state index is 0.0825. The lowest BCUT2D eigenvalue weighted by Gasteiger charge is -2.24. The van der Waals surface area contributed by atoms with Crippen LogP contribution in [0.5, 0.6) is 5.75 Å². The van der Waals surface area contributed by atoms with Crippen LogP contribution in [0, 0.1) is 0 Å². The second-order valence-corrected chi connectivity index (χ2v) is 7.47. The summed E-state index contributed by atoms with van der Waals surface area (Å²) >= 11 is 0. The zero-order valence-corrected chi connectivity index (χ0v) is 19.2. The van der Waals surface area contributed by atoms with Crippen molar-refractivity contribution in [3.8, 4) is 5.75 Å². The van der Waals surface area contributed by atoms with Gasteiger partial charge in [-0.05, 0) is 31.4 Å². The summed E-state index contributed by atoms with van der Waals surface area (Å²) in [5, 5.41) is 0. The first-order valence-electron chi connectivity index (χ1n) is 11.1. The number of carbonyl (C=O) groups is 2. The number of nitrogens with one attached hydrogen (secondary N) is 1. The monoisotopic (exact) mass is 460 g/mol. The molecule has 180 valence electrons. The predicted octanol–water partition coefficient (Wildman–Crippen LogP) is 2.06. The number of nitrogens with zero attached hydrogens (tertiary/aromatic N) is 2. The Bertz CT molecular complexity index is 1030. The third kappa shape index (κ3) is 7.51. The zero-order valence-electron chi connectivity index (χ0n) is 19.2. The van der Waals surface area contributed by atoms with E-state index in [4.69, 9.17) is 15.2 Å². The van der Waals surface area contributed by atoms with Gasteiger partial charge in [0.2, 0.25) is 0 Å². The van der Waals surface area contributed by atoms with E-state index >= 15 is 0 Å². The highest BCUT2D eigenvalue weighted by molar-refractivity contribution is 5.97. The number of aromatic nitrogens is 2. The van der Waals surface area contributed by atoms with Crippen LogP contribution in [0.25, 0.3) is 0 Å². The van der Waals surface area contributed by atoms with E-state index < -0.39 is 29.7 Å². The van der Waals surface area contributed by atoms with Crippen molar-refractivity contribution in [3.05, 3.63) is 51.2 Å². The van der Waals surface area contributed by atoms with Gasteiger partial charge in [-0.25, -0.2) is 4.79 Å². The molecule has 0 fully saturated rings. The molecule has 33 heavy (non-hydrogen) atoms. The van der Waals surface area contributed by atoms with Crippen LogP contribution in [-0.2, 0) is 20.9 Å². The second kappa shape index (κ2) is 13.1. The van der Waals surface area contributed by atoms with Crippen molar-refractivity contribution in [1.82, 2.24) is 9.55 Å².